The average molecular weight is 774 g/mol. The highest BCUT2D eigenvalue weighted by Crippen LogP contribution is 2.42. The number of carbonyl (C=O) groups excluding carboxylic acids is 1. The fourth-order valence-electron chi connectivity index (χ4n) is 7.02. The van der Waals surface area contributed by atoms with Crippen LogP contribution in [-0.2, 0) is 43.9 Å². The molecule has 3 N–H and O–H groups in total. The van der Waals surface area contributed by atoms with Crippen LogP contribution in [0.4, 0.5) is 0 Å². The minimum atomic E-state index is -3.97. The van der Waals surface area contributed by atoms with Gasteiger partial charge in [0.25, 0.3) is 0 Å². The highest BCUT2D eigenvalue weighted by atomic mass is 32.2. The molecule has 0 saturated carbocycles. The Labute approximate surface area is 331 Å². The normalized spacial score (nSPS) is 19.0. The van der Waals surface area contributed by atoms with Crippen molar-refractivity contribution in [2.45, 2.75) is 62.9 Å². The third kappa shape index (κ3) is 10.3. The van der Waals surface area contributed by atoms with Crippen LogP contribution < -0.4 is 10.0 Å². The molecule has 1 amide bonds. The molecule has 5 aromatic carbocycles. The van der Waals surface area contributed by atoms with Crippen LogP contribution in [0.3, 0.4) is 0 Å². The predicted octanol–water partition coefficient (Wildman–Crippen LogP) is 7.27. The van der Waals surface area contributed by atoms with Gasteiger partial charge >= 0.3 is 0 Å². The molecule has 0 spiro atoms. The van der Waals surface area contributed by atoms with Gasteiger partial charge in [0.15, 0.2) is 6.29 Å². The molecule has 10 heteroatoms. The van der Waals surface area contributed by atoms with Crippen molar-refractivity contribution in [1.29, 1.82) is 0 Å². The number of nitrogens with zero attached hydrogens (tertiary/aromatic N) is 1. The lowest BCUT2D eigenvalue weighted by Gasteiger charge is -2.42. The zero-order valence-corrected chi connectivity index (χ0v) is 33.0. The third-order valence-electron chi connectivity index (χ3n) is 10.2. The molecule has 1 heterocycles. The van der Waals surface area contributed by atoms with Crippen LogP contribution in [0.25, 0.3) is 11.1 Å². The molecule has 9 nitrogen and oxygen atoms in total. The van der Waals surface area contributed by atoms with Gasteiger partial charge in [-0.3, -0.25) is 4.79 Å². The van der Waals surface area contributed by atoms with Gasteiger partial charge in [-0.2, -0.15) is 4.72 Å². The summed E-state index contributed by atoms with van der Waals surface area (Å²) in [6.45, 7) is 9.54. The predicted molar refractivity (Wildman–Crippen MR) is 220 cm³/mol. The topological polar surface area (TPSA) is 117 Å². The lowest BCUT2D eigenvalue weighted by atomic mass is 9.90. The van der Waals surface area contributed by atoms with E-state index in [1.807, 2.05) is 116 Å². The van der Waals surface area contributed by atoms with E-state index in [0.29, 0.717) is 6.54 Å². The Bertz CT molecular complexity index is 2160. The molecule has 0 aromatic heterocycles. The Morgan fingerprint density at radius 3 is 2.20 bits per heavy atom. The van der Waals surface area contributed by atoms with Gasteiger partial charge in [-0.15, -0.1) is 6.58 Å². The van der Waals surface area contributed by atoms with Crippen molar-refractivity contribution in [3.63, 3.8) is 0 Å². The SMILES string of the molecule is C=CCN(C)C[C@@H]1O[C@H](c2ccc(-c3ccccc3CNC(=O)[C@@H](Cc3ccccc3)NS(=O)(=O)c3ccc(C)cc3)cc2)O[C@H](c2ccc(CO)cc2)[C@@H]1C. The van der Waals surface area contributed by atoms with Crippen LogP contribution in [0.1, 0.15) is 52.7 Å². The summed E-state index contributed by atoms with van der Waals surface area (Å²) < 4.78 is 42.8. The minimum absolute atomic E-state index is 0.0191. The Kier molecular flexibility index (Phi) is 13.7. The zero-order valence-electron chi connectivity index (χ0n) is 32.2. The summed E-state index contributed by atoms with van der Waals surface area (Å²) in [4.78, 5) is 16.1. The fraction of sp³-hybridized carbons (Fsp3) is 0.283. The maximum atomic E-state index is 13.8. The number of aliphatic hydroxyl groups is 1. The summed E-state index contributed by atoms with van der Waals surface area (Å²) in [7, 11) is -1.92. The van der Waals surface area contributed by atoms with Gasteiger partial charge in [0.1, 0.15) is 6.04 Å². The van der Waals surface area contributed by atoms with Crippen molar-refractivity contribution in [2.75, 3.05) is 20.1 Å². The quantitative estimate of drug-likeness (QED) is 0.0904. The first-order chi connectivity index (χ1) is 27.0. The summed E-state index contributed by atoms with van der Waals surface area (Å²) in [5.74, 6) is -0.366. The molecule has 1 aliphatic rings. The molecule has 5 aromatic rings. The highest BCUT2D eigenvalue weighted by molar-refractivity contribution is 7.89. The zero-order chi connectivity index (χ0) is 39.7. The summed E-state index contributed by atoms with van der Waals surface area (Å²) in [6, 6.07) is 38.7. The van der Waals surface area contributed by atoms with Crippen LogP contribution in [0.5, 0.6) is 0 Å². The van der Waals surface area contributed by atoms with Gasteiger partial charge in [-0.25, -0.2) is 8.42 Å². The van der Waals surface area contributed by atoms with Crippen molar-refractivity contribution in [2.24, 2.45) is 5.92 Å². The number of aryl methyl sites for hydroxylation is 1. The standard InChI is InChI=1S/C46H51N3O6S/c1-5-27-49(4)30-43-33(3)44(37-19-17-35(31-50)18-20-37)55-46(54-43)38-23-21-36(22-24-38)41-14-10-9-13-39(41)29-47-45(51)42(28-34-11-7-6-8-12-34)48-56(52,53)40-25-15-32(2)16-26-40/h5-26,33,42-44,46,48,50H,1,27-31H2,2-4H3,(H,47,51)/t33-,42-,43+,44+,46+/m1/s1. The number of nitrogens with one attached hydrogen (secondary N) is 2. The van der Waals surface area contributed by atoms with Crippen molar-refractivity contribution in [3.8, 4) is 11.1 Å². The Morgan fingerprint density at radius 1 is 0.857 bits per heavy atom. The van der Waals surface area contributed by atoms with E-state index < -0.39 is 28.3 Å². The van der Waals surface area contributed by atoms with E-state index >= 15 is 0 Å². The molecule has 1 fully saturated rings. The molecule has 5 atom stereocenters. The summed E-state index contributed by atoms with van der Waals surface area (Å²) in [6.07, 6.45) is 1.12. The van der Waals surface area contributed by atoms with E-state index in [9.17, 15) is 18.3 Å². The average Bonchev–Trinajstić information content (AvgIpc) is 3.21. The number of aliphatic hydroxyl groups excluding tert-OH is 1. The maximum absolute atomic E-state index is 13.8. The molecule has 292 valence electrons. The van der Waals surface area contributed by atoms with Crippen LogP contribution in [-0.4, -0.2) is 56.6 Å². The second kappa shape index (κ2) is 18.8. The van der Waals surface area contributed by atoms with E-state index in [4.69, 9.17) is 9.47 Å². The van der Waals surface area contributed by atoms with Crippen LogP contribution in [0, 0.1) is 12.8 Å². The molecule has 1 saturated heterocycles. The number of sulfonamides is 1. The lowest BCUT2D eigenvalue weighted by molar-refractivity contribution is -0.275. The third-order valence-corrected chi connectivity index (χ3v) is 11.7. The van der Waals surface area contributed by atoms with Gasteiger partial charge in [0.2, 0.25) is 15.9 Å². The van der Waals surface area contributed by atoms with Crippen molar-refractivity contribution >= 4 is 15.9 Å². The summed E-state index contributed by atoms with van der Waals surface area (Å²) in [5.41, 5.74) is 7.28. The molecule has 6 rings (SSSR count). The van der Waals surface area contributed by atoms with Gasteiger partial charge in [-0.05, 0) is 65.9 Å². The fourth-order valence-corrected chi connectivity index (χ4v) is 8.22. The van der Waals surface area contributed by atoms with E-state index in [0.717, 1.165) is 51.1 Å². The van der Waals surface area contributed by atoms with Crippen molar-refractivity contribution in [1.82, 2.24) is 14.9 Å². The first kappa shape index (κ1) is 40.7. The number of hydrogen-bond acceptors (Lipinski definition) is 7. The number of rotatable bonds is 16. The second-order valence-electron chi connectivity index (χ2n) is 14.5. The minimum Gasteiger partial charge on any atom is -0.392 e. The number of amides is 1. The number of ether oxygens (including phenoxy) is 2. The number of hydrogen-bond donors (Lipinski definition) is 3. The molecule has 56 heavy (non-hydrogen) atoms. The Morgan fingerprint density at radius 2 is 1.52 bits per heavy atom. The Balaban J connectivity index is 1.19. The molecular formula is C46H51N3O6S. The highest BCUT2D eigenvalue weighted by Gasteiger charge is 2.38. The second-order valence-corrected chi connectivity index (χ2v) is 16.2. The molecule has 1 aliphatic heterocycles. The molecular weight excluding hydrogens is 723 g/mol. The molecule has 0 bridgehead atoms. The lowest BCUT2D eigenvalue weighted by Crippen LogP contribution is -2.47. The largest absolute Gasteiger partial charge is 0.392 e. The van der Waals surface area contributed by atoms with Gasteiger partial charge in [0.05, 0.1) is 23.7 Å². The first-order valence-electron chi connectivity index (χ1n) is 18.9. The number of likely N-dealkylation sites (N-methyl/N-ethyl adjacent to an activating group) is 1. The monoisotopic (exact) mass is 773 g/mol. The molecule has 0 radical (unpaired) electrons. The number of benzene rings is 5. The smallest absolute Gasteiger partial charge is 0.241 e. The van der Waals surface area contributed by atoms with Crippen LogP contribution in [0.15, 0.2) is 145 Å². The van der Waals surface area contributed by atoms with E-state index in [1.54, 1.807) is 24.3 Å². The van der Waals surface area contributed by atoms with Crippen LogP contribution in [0.2, 0.25) is 0 Å². The summed E-state index contributed by atoms with van der Waals surface area (Å²) >= 11 is 0. The van der Waals surface area contributed by atoms with E-state index in [2.05, 4.69) is 35.5 Å². The van der Waals surface area contributed by atoms with E-state index in [1.165, 1.54) is 0 Å². The maximum Gasteiger partial charge on any atom is 0.241 e. The van der Waals surface area contributed by atoms with Crippen LogP contribution >= 0.6 is 0 Å². The molecule has 0 aliphatic carbocycles. The van der Waals surface area contributed by atoms with Crippen molar-refractivity contribution < 1.29 is 27.8 Å². The van der Waals surface area contributed by atoms with Gasteiger partial charge in [-0.1, -0.05) is 134 Å². The van der Waals surface area contributed by atoms with Crippen molar-refractivity contribution in [3.05, 3.63) is 173 Å². The van der Waals surface area contributed by atoms with Gasteiger partial charge < -0.3 is 24.8 Å². The molecule has 0 unspecified atom stereocenters. The number of carbonyl (C=O) groups is 1. The Hall–Kier alpha value is -4.94. The van der Waals surface area contributed by atoms with Gasteiger partial charge in [0, 0.05) is 31.1 Å². The summed E-state index contributed by atoms with van der Waals surface area (Å²) in [5, 5.41) is 12.6. The van der Waals surface area contributed by atoms with E-state index in [-0.39, 0.29) is 42.6 Å². The first-order valence-corrected chi connectivity index (χ1v) is 20.4.